The van der Waals surface area contributed by atoms with Gasteiger partial charge < -0.3 is 30.5 Å². The van der Waals surface area contributed by atoms with Crippen LogP contribution in [-0.2, 0) is 28.7 Å². The molecule has 0 radical (unpaired) electrons. The molecule has 0 saturated carbocycles. The van der Waals surface area contributed by atoms with Crippen LogP contribution in [0, 0.1) is 5.92 Å². The Balaban J connectivity index is 1.63. The fourth-order valence-corrected chi connectivity index (χ4v) is 5.65. The number of ether oxygens (including phenoxy) is 1. The van der Waals surface area contributed by atoms with E-state index in [9.17, 15) is 24.0 Å². The monoisotopic (exact) mass is 477 g/mol. The van der Waals surface area contributed by atoms with Gasteiger partial charge in [0.05, 0.1) is 6.42 Å². The van der Waals surface area contributed by atoms with Gasteiger partial charge in [0.25, 0.3) is 0 Å². The first-order valence-corrected chi connectivity index (χ1v) is 12.3. The van der Waals surface area contributed by atoms with E-state index in [1.165, 1.54) is 9.80 Å². The zero-order valence-corrected chi connectivity index (χ0v) is 19.9. The quantitative estimate of drug-likeness (QED) is 0.426. The number of fused-ring (bicyclic) bond motifs is 3. The van der Waals surface area contributed by atoms with Crippen molar-refractivity contribution in [3.8, 4) is 0 Å². The van der Waals surface area contributed by atoms with Crippen LogP contribution in [0.5, 0.6) is 0 Å². The predicted molar refractivity (Wildman–Crippen MR) is 120 cm³/mol. The molecular weight excluding hydrogens is 442 g/mol. The molecule has 0 aromatic rings. The van der Waals surface area contributed by atoms with Crippen molar-refractivity contribution < 1.29 is 28.7 Å². The molecule has 0 bridgehead atoms. The molecule has 4 fully saturated rings. The first kappa shape index (κ1) is 24.4. The Labute approximate surface area is 199 Å². The Morgan fingerprint density at radius 2 is 1.65 bits per heavy atom. The van der Waals surface area contributed by atoms with Crippen LogP contribution in [0.25, 0.3) is 0 Å². The van der Waals surface area contributed by atoms with Crippen LogP contribution in [0.1, 0.15) is 52.4 Å². The second kappa shape index (κ2) is 9.89. The normalized spacial score (nSPS) is 36.1. The summed E-state index contributed by atoms with van der Waals surface area (Å²) in [6.07, 6.45) is 2.75. The molecule has 6 unspecified atom stereocenters. The zero-order valence-electron chi connectivity index (χ0n) is 19.9. The molecule has 34 heavy (non-hydrogen) atoms. The Morgan fingerprint density at radius 1 is 0.882 bits per heavy atom. The smallest absolute Gasteiger partial charge is 0.328 e. The average molecular weight is 478 g/mol. The van der Waals surface area contributed by atoms with Crippen molar-refractivity contribution in [2.24, 2.45) is 11.7 Å². The molecular formula is C23H35N5O6. The number of cyclic esters (lactones) is 1. The fourth-order valence-electron chi connectivity index (χ4n) is 5.65. The summed E-state index contributed by atoms with van der Waals surface area (Å²) in [5.41, 5.74) is 6.10. The van der Waals surface area contributed by atoms with Crippen molar-refractivity contribution in [1.82, 2.24) is 20.0 Å². The number of esters is 1. The summed E-state index contributed by atoms with van der Waals surface area (Å²) in [6.45, 7) is 4.46. The highest BCUT2D eigenvalue weighted by Crippen LogP contribution is 2.27. The van der Waals surface area contributed by atoms with E-state index in [-0.39, 0.29) is 49.3 Å². The highest BCUT2D eigenvalue weighted by molar-refractivity contribution is 5.95. The number of piperidine rings is 1. The molecule has 188 valence electrons. The molecule has 11 heteroatoms. The van der Waals surface area contributed by atoms with Crippen molar-refractivity contribution >= 4 is 29.6 Å². The molecule has 0 aliphatic carbocycles. The van der Waals surface area contributed by atoms with E-state index in [2.05, 4.69) is 5.32 Å². The molecule has 4 heterocycles. The Morgan fingerprint density at radius 3 is 2.41 bits per heavy atom. The number of hydrogen-bond acceptors (Lipinski definition) is 7. The number of nitrogens with one attached hydrogen (secondary N) is 1. The van der Waals surface area contributed by atoms with E-state index in [0.29, 0.717) is 32.4 Å². The molecule has 4 amide bonds. The maximum Gasteiger partial charge on any atom is 0.328 e. The number of amides is 4. The summed E-state index contributed by atoms with van der Waals surface area (Å²) in [5.74, 6) is -1.81. The second-order valence-corrected chi connectivity index (χ2v) is 10.1. The molecule has 3 N–H and O–H groups in total. The van der Waals surface area contributed by atoms with E-state index in [1.807, 2.05) is 6.92 Å². The minimum absolute atomic E-state index is 0.0707. The van der Waals surface area contributed by atoms with E-state index < -0.39 is 36.0 Å². The number of nitrogens with zero attached hydrogens (tertiary/aromatic N) is 3. The van der Waals surface area contributed by atoms with Gasteiger partial charge in [0.1, 0.15) is 30.8 Å². The highest BCUT2D eigenvalue weighted by atomic mass is 16.5. The van der Waals surface area contributed by atoms with Gasteiger partial charge in [-0.05, 0) is 44.9 Å². The van der Waals surface area contributed by atoms with E-state index >= 15 is 0 Å². The van der Waals surface area contributed by atoms with Gasteiger partial charge in [-0.3, -0.25) is 19.2 Å². The van der Waals surface area contributed by atoms with Gasteiger partial charge in [-0.1, -0.05) is 6.92 Å². The van der Waals surface area contributed by atoms with E-state index in [1.54, 1.807) is 11.8 Å². The topological polar surface area (TPSA) is 142 Å². The highest BCUT2D eigenvalue weighted by Gasteiger charge is 2.45. The molecule has 6 atom stereocenters. The van der Waals surface area contributed by atoms with Gasteiger partial charge in [0.2, 0.25) is 23.6 Å². The van der Waals surface area contributed by atoms with Crippen LogP contribution in [0.15, 0.2) is 0 Å². The number of rotatable bonds is 0. The van der Waals surface area contributed by atoms with Crippen LogP contribution in [0.4, 0.5) is 0 Å². The van der Waals surface area contributed by atoms with Crippen LogP contribution in [0.3, 0.4) is 0 Å². The number of hydrogen-bond donors (Lipinski definition) is 2. The lowest BCUT2D eigenvalue weighted by molar-refractivity contribution is -0.156. The Hall–Kier alpha value is -2.69. The zero-order chi connectivity index (χ0) is 24.6. The summed E-state index contributed by atoms with van der Waals surface area (Å²) < 4.78 is 5.37. The van der Waals surface area contributed by atoms with Crippen LogP contribution >= 0.6 is 0 Å². The first-order valence-electron chi connectivity index (χ1n) is 12.3. The summed E-state index contributed by atoms with van der Waals surface area (Å²) in [5, 5.41) is 2.77. The third-order valence-corrected chi connectivity index (χ3v) is 7.38. The minimum Gasteiger partial charge on any atom is -0.464 e. The summed E-state index contributed by atoms with van der Waals surface area (Å²) in [7, 11) is 0. The summed E-state index contributed by atoms with van der Waals surface area (Å²) >= 11 is 0. The molecule has 4 saturated heterocycles. The molecule has 11 nitrogen and oxygen atoms in total. The fraction of sp³-hybridized carbons (Fsp3) is 0.783. The lowest BCUT2D eigenvalue weighted by atomic mass is 9.99. The van der Waals surface area contributed by atoms with E-state index in [4.69, 9.17) is 10.5 Å². The van der Waals surface area contributed by atoms with Gasteiger partial charge in [-0.2, -0.15) is 0 Å². The van der Waals surface area contributed by atoms with Crippen molar-refractivity contribution in [2.45, 2.75) is 82.6 Å². The minimum atomic E-state index is -0.849. The lowest BCUT2D eigenvalue weighted by Crippen LogP contribution is -2.59. The molecule has 0 aromatic carbocycles. The number of carbonyl (C=O) groups excluding carboxylic acids is 5. The van der Waals surface area contributed by atoms with Gasteiger partial charge in [0.15, 0.2) is 0 Å². The number of nitrogens with two attached hydrogens (primary N) is 1. The third kappa shape index (κ3) is 4.75. The van der Waals surface area contributed by atoms with E-state index in [0.717, 1.165) is 12.8 Å². The molecule has 0 aromatic heterocycles. The number of carbonyl (C=O) groups is 5. The van der Waals surface area contributed by atoms with Crippen molar-refractivity contribution in [1.29, 1.82) is 0 Å². The van der Waals surface area contributed by atoms with Gasteiger partial charge in [-0.25, -0.2) is 4.79 Å². The summed E-state index contributed by atoms with van der Waals surface area (Å²) in [6, 6.07) is -3.39. The maximum absolute atomic E-state index is 13.5. The summed E-state index contributed by atoms with van der Waals surface area (Å²) in [4.78, 5) is 70.1. The third-order valence-electron chi connectivity index (χ3n) is 7.38. The molecule has 4 aliphatic rings. The predicted octanol–water partition coefficient (Wildman–Crippen LogP) is -1.02. The average Bonchev–Trinajstić information content (AvgIpc) is 3.40. The van der Waals surface area contributed by atoms with Crippen molar-refractivity contribution in [2.75, 3.05) is 26.2 Å². The maximum atomic E-state index is 13.5. The molecule has 0 spiro atoms. The first-order chi connectivity index (χ1) is 16.2. The van der Waals surface area contributed by atoms with Crippen molar-refractivity contribution in [3.63, 3.8) is 0 Å². The Kier molecular flexibility index (Phi) is 7.11. The lowest BCUT2D eigenvalue weighted by Gasteiger charge is -2.38. The molecule has 4 aliphatic heterocycles. The van der Waals surface area contributed by atoms with Crippen LogP contribution < -0.4 is 11.1 Å². The van der Waals surface area contributed by atoms with Gasteiger partial charge in [-0.15, -0.1) is 0 Å². The standard InChI is InChI=1S/C23H35N5O6/c1-13-9-18-23(33)34-8-6-19(29)27-12-15(24)10-17(27)22(32)26-7-4-3-5-16(26)20(30)25-14(2)21(31)28(18)11-13/h13-18H,3-12,24H2,1-2H3,(H,25,30). The van der Waals surface area contributed by atoms with Crippen LogP contribution in [-0.4, -0.2) is 101 Å². The van der Waals surface area contributed by atoms with Crippen molar-refractivity contribution in [3.05, 3.63) is 0 Å². The Bertz CT molecular complexity index is 865. The van der Waals surface area contributed by atoms with Gasteiger partial charge in [0, 0.05) is 25.7 Å². The largest absolute Gasteiger partial charge is 0.464 e. The second-order valence-electron chi connectivity index (χ2n) is 10.1. The SMILES string of the molecule is CC1CC2C(=O)OCCC(=O)N3CC(N)CC3C(=O)N3CCCCC3C(=O)NC(C)C(=O)N2C1. The molecule has 4 rings (SSSR count). The van der Waals surface area contributed by atoms with Crippen LogP contribution in [0.2, 0.25) is 0 Å². The van der Waals surface area contributed by atoms with Gasteiger partial charge >= 0.3 is 5.97 Å².